The van der Waals surface area contributed by atoms with Crippen molar-refractivity contribution in [1.29, 1.82) is 0 Å². The molecule has 0 aliphatic carbocycles. The van der Waals surface area contributed by atoms with Crippen LogP contribution in [0.15, 0.2) is 12.1 Å². The van der Waals surface area contributed by atoms with Crippen LogP contribution in [-0.2, 0) is 13.3 Å². The topological polar surface area (TPSA) is 27.7 Å². The molecular weight excluding hydrogens is 234 g/mol. The lowest BCUT2D eigenvalue weighted by Crippen LogP contribution is -2.56. The van der Waals surface area contributed by atoms with Crippen LogP contribution in [-0.4, -0.2) is 30.1 Å². The largest absolute Gasteiger partial charge is 0.539 e. The molecule has 0 unspecified atom stereocenters. The van der Waals surface area contributed by atoms with E-state index in [-0.39, 0.29) is 10.8 Å². The van der Waals surface area contributed by atoms with Crippen molar-refractivity contribution < 1.29 is 22.1 Å². The highest BCUT2D eigenvalue weighted by Crippen LogP contribution is 2.14. The van der Waals surface area contributed by atoms with E-state index in [9.17, 15) is 8.78 Å². The number of hydrogen-bond acceptors (Lipinski definition) is 3. The smallest absolute Gasteiger partial charge is 0.373 e. The summed E-state index contributed by atoms with van der Waals surface area (Å²) in [5, 5.41) is 0.00287. The fraction of sp³-hybridized carbons (Fsp3) is 0.400. The Bertz CT molecular complexity index is 372. The van der Waals surface area contributed by atoms with Crippen LogP contribution in [0.5, 0.6) is 0 Å². The molecular formula is C10H14F2O3Si. The zero-order valence-electron chi connectivity index (χ0n) is 9.64. The molecule has 6 heteroatoms. The summed E-state index contributed by atoms with van der Waals surface area (Å²) >= 11 is 0. The third-order valence-corrected chi connectivity index (χ3v) is 5.07. The number of halogens is 2. The van der Waals surface area contributed by atoms with Crippen molar-refractivity contribution in [3.8, 4) is 0 Å². The van der Waals surface area contributed by atoms with Crippen LogP contribution in [0, 0.1) is 18.6 Å². The Morgan fingerprint density at radius 1 is 0.938 bits per heavy atom. The minimum atomic E-state index is -3.31. The molecule has 16 heavy (non-hydrogen) atoms. The van der Waals surface area contributed by atoms with Crippen molar-refractivity contribution in [2.75, 3.05) is 21.3 Å². The highest BCUT2D eigenvalue weighted by Gasteiger charge is 2.44. The fourth-order valence-corrected chi connectivity index (χ4v) is 3.29. The first-order chi connectivity index (χ1) is 7.52. The molecule has 0 aliphatic heterocycles. The highest BCUT2D eigenvalue weighted by molar-refractivity contribution is 6.75. The maximum Gasteiger partial charge on any atom is 0.539 e. The molecule has 0 amide bonds. The van der Waals surface area contributed by atoms with Gasteiger partial charge in [-0.1, -0.05) is 12.1 Å². The maximum absolute atomic E-state index is 13.7. The van der Waals surface area contributed by atoms with E-state index in [1.54, 1.807) is 0 Å². The first-order valence-electron chi connectivity index (χ1n) is 4.63. The summed E-state index contributed by atoms with van der Waals surface area (Å²) in [4.78, 5) is 0. The van der Waals surface area contributed by atoms with Crippen LogP contribution in [0.4, 0.5) is 8.78 Å². The van der Waals surface area contributed by atoms with Gasteiger partial charge in [-0.25, -0.2) is 8.78 Å². The first kappa shape index (κ1) is 13.2. The molecule has 0 atom stereocenters. The maximum atomic E-state index is 13.7. The van der Waals surface area contributed by atoms with E-state index in [4.69, 9.17) is 13.3 Å². The van der Waals surface area contributed by atoms with Gasteiger partial charge in [0.2, 0.25) is 0 Å². The van der Waals surface area contributed by atoms with E-state index in [0.717, 1.165) is 0 Å². The minimum Gasteiger partial charge on any atom is -0.373 e. The molecule has 0 saturated heterocycles. The van der Waals surface area contributed by atoms with E-state index < -0.39 is 20.4 Å². The normalized spacial score (nSPS) is 11.9. The van der Waals surface area contributed by atoms with Crippen LogP contribution in [0.2, 0.25) is 0 Å². The quantitative estimate of drug-likeness (QED) is 0.753. The van der Waals surface area contributed by atoms with E-state index in [1.165, 1.54) is 40.4 Å². The Balaban J connectivity index is 3.36. The van der Waals surface area contributed by atoms with E-state index in [0.29, 0.717) is 0 Å². The van der Waals surface area contributed by atoms with Gasteiger partial charge in [-0.15, -0.1) is 0 Å². The molecule has 0 radical (unpaired) electrons. The predicted molar refractivity (Wildman–Crippen MR) is 57.5 cm³/mol. The molecule has 3 nitrogen and oxygen atoms in total. The van der Waals surface area contributed by atoms with Gasteiger partial charge in [-0.3, -0.25) is 0 Å². The predicted octanol–water partition coefficient (Wildman–Crippen LogP) is 1.36. The van der Waals surface area contributed by atoms with Crippen molar-refractivity contribution in [1.82, 2.24) is 0 Å². The first-order valence-corrected chi connectivity index (χ1v) is 6.35. The SMILES string of the molecule is CO[Si](OC)(OC)c1ccc(C)c(F)c1F. The summed E-state index contributed by atoms with van der Waals surface area (Å²) in [6.45, 7) is 1.48. The second-order valence-corrected chi connectivity index (χ2v) is 6.10. The van der Waals surface area contributed by atoms with Crippen LogP contribution in [0.1, 0.15) is 5.56 Å². The van der Waals surface area contributed by atoms with Gasteiger partial charge in [0.15, 0.2) is 11.6 Å². The summed E-state index contributed by atoms with van der Waals surface area (Å²) in [5.74, 6) is -1.88. The Morgan fingerprint density at radius 2 is 1.44 bits per heavy atom. The number of aryl methyl sites for hydroxylation is 1. The lowest BCUT2D eigenvalue weighted by Gasteiger charge is -2.25. The molecule has 0 bridgehead atoms. The van der Waals surface area contributed by atoms with Gasteiger partial charge in [0.05, 0.1) is 5.19 Å². The molecule has 90 valence electrons. The van der Waals surface area contributed by atoms with Gasteiger partial charge >= 0.3 is 8.80 Å². The summed E-state index contributed by atoms with van der Waals surface area (Å²) in [6, 6.07) is 2.89. The van der Waals surface area contributed by atoms with Crippen LogP contribution in [0.3, 0.4) is 0 Å². The Labute approximate surface area is 94.3 Å². The van der Waals surface area contributed by atoms with E-state index >= 15 is 0 Å². The number of benzene rings is 1. The summed E-state index contributed by atoms with van der Waals surface area (Å²) < 4.78 is 42.4. The van der Waals surface area contributed by atoms with Gasteiger partial charge in [0.25, 0.3) is 0 Å². The van der Waals surface area contributed by atoms with Crippen molar-refractivity contribution in [2.24, 2.45) is 0 Å². The Kier molecular flexibility index (Phi) is 4.14. The molecule has 0 fully saturated rings. The molecule has 1 aromatic carbocycles. The lowest BCUT2D eigenvalue weighted by atomic mass is 10.2. The average molecular weight is 248 g/mol. The lowest BCUT2D eigenvalue weighted by molar-refractivity contribution is 0.139. The van der Waals surface area contributed by atoms with Gasteiger partial charge in [-0.2, -0.15) is 0 Å². The second kappa shape index (κ2) is 5.01. The van der Waals surface area contributed by atoms with E-state index in [1.807, 2.05) is 0 Å². The van der Waals surface area contributed by atoms with E-state index in [2.05, 4.69) is 0 Å². The summed E-state index contributed by atoms with van der Waals surface area (Å²) in [6.07, 6.45) is 0. The van der Waals surface area contributed by atoms with Gasteiger partial charge in [0, 0.05) is 21.3 Å². The van der Waals surface area contributed by atoms with Crippen LogP contribution in [0.25, 0.3) is 0 Å². The zero-order valence-corrected chi connectivity index (χ0v) is 10.6. The minimum absolute atomic E-state index is 0.00287. The number of rotatable bonds is 4. The molecule has 0 aromatic heterocycles. The van der Waals surface area contributed by atoms with Crippen LogP contribution >= 0.6 is 0 Å². The third kappa shape index (κ3) is 2.01. The van der Waals surface area contributed by atoms with Gasteiger partial charge in [0.1, 0.15) is 0 Å². The van der Waals surface area contributed by atoms with Gasteiger partial charge < -0.3 is 13.3 Å². The summed E-state index contributed by atoms with van der Waals surface area (Å²) in [5.41, 5.74) is 0.229. The van der Waals surface area contributed by atoms with Gasteiger partial charge in [-0.05, 0) is 12.5 Å². The highest BCUT2D eigenvalue weighted by atomic mass is 28.4. The molecule has 1 aromatic rings. The van der Waals surface area contributed by atoms with Crippen molar-refractivity contribution in [2.45, 2.75) is 6.92 Å². The number of hydrogen-bond donors (Lipinski definition) is 0. The molecule has 0 heterocycles. The summed E-state index contributed by atoms with van der Waals surface area (Å²) in [7, 11) is 0.724. The average Bonchev–Trinajstić information content (AvgIpc) is 2.31. The van der Waals surface area contributed by atoms with Crippen molar-refractivity contribution in [3.05, 3.63) is 29.3 Å². The molecule has 0 aliphatic rings. The standard InChI is InChI=1S/C10H14F2O3Si/c1-7-5-6-8(10(12)9(7)11)16(13-2,14-3)15-4/h5-6H,1-4H3. The second-order valence-electron chi connectivity index (χ2n) is 3.23. The molecule has 0 saturated carbocycles. The van der Waals surface area contributed by atoms with Crippen molar-refractivity contribution >= 4 is 14.0 Å². The zero-order chi connectivity index (χ0) is 12.3. The monoisotopic (exact) mass is 248 g/mol. The van der Waals surface area contributed by atoms with Crippen molar-refractivity contribution in [3.63, 3.8) is 0 Å². The molecule has 0 N–H and O–H groups in total. The van der Waals surface area contributed by atoms with Crippen LogP contribution < -0.4 is 5.19 Å². The Morgan fingerprint density at radius 3 is 1.88 bits per heavy atom. The Hall–Kier alpha value is -0.823. The molecule has 0 spiro atoms. The third-order valence-electron chi connectivity index (χ3n) is 2.41. The fourth-order valence-electron chi connectivity index (χ4n) is 1.46. The molecule has 1 rings (SSSR count).